The maximum absolute atomic E-state index is 14.9. The number of carbonyl (C=O) groups is 2. The Bertz CT molecular complexity index is 2630. The molecule has 0 bridgehead atoms. The van der Waals surface area contributed by atoms with Crippen LogP contribution in [0.3, 0.4) is 0 Å². The number of carbonyl (C=O) groups excluding carboxylic acids is 2. The van der Waals surface area contributed by atoms with E-state index in [1.54, 1.807) is 24.7 Å². The number of hydrogen-bond acceptors (Lipinski definition) is 5. The van der Waals surface area contributed by atoms with Crippen LogP contribution in [0.2, 0.25) is 0 Å². The fraction of sp³-hybridized carbons (Fsp3) is 0.0217. The van der Waals surface area contributed by atoms with Gasteiger partial charge in [0.25, 0.3) is 11.8 Å². The first-order chi connectivity index (χ1) is 26.1. The van der Waals surface area contributed by atoms with Crippen LogP contribution in [0.15, 0.2) is 176 Å². The third-order valence-corrected chi connectivity index (χ3v) is 9.38. The summed E-state index contributed by atoms with van der Waals surface area (Å²) in [6.07, 6.45) is 8.31. The van der Waals surface area contributed by atoms with E-state index in [4.69, 9.17) is 0 Å². The standard InChI is InChI=1S/C42H26N4O2.C4H7N/c47-41-34-18-10-20-38(45-36-19-8-7-15-33(36)35-23-29(21-22-37(35)45)30-24-43-26-44-25-30)39(34)42(48)46(41)40-31(27-11-3-1-4-12-27)16-9-17-32(40)28-13-5-2-6-14-28;1-3-5-4-2/h1-26H;3-4H,1H2,2H3. The average molecular weight is 688 g/mol. The summed E-state index contributed by atoms with van der Waals surface area (Å²) in [5.74, 6) is -0.695. The zero-order chi connectivity index (χ0) is 36.3. The van der Waals surface area contributed by atoms with Gasteiger partial charge in [-0.2, -0.15) is 0 Å². The second-order valence-electron chi connectivity index (χ2n) is 12.4. The molecule has 9 rings (SSSR count). The van der Waals surface area contributed by atoms with Crippen molar-refractivity contribution in [2.75, 3.05) is 4.90 Å². The molecule has 1 aliphatic heterocycles. The number of benzene rings is 6. The highest BCUT2D eigenvalue weighted by Crippen LogP contribution is 2.45. The number of aromatic nitrogens is 3. The van der Waals surface area contributed by atoms with Crippen molar-refractivity contribution in [3.63, 3.8) is 0 Å². The van der Waals surface area contributed by atoms with Gasteiger partial charge in [0.05, 0.1) is 33.5 Å². The summed E-state index contributed by atoms with van der Waals surface area (Å²) in [5, 5.41) is 2.07. The summed E-state index contributed by atoms with van der Waals surface area (Å²) in [6, 6.07) is 45.7. The predicted octanol–water partition coefficient (Wildman–Crippen LogP) is 10.6. The number of rotatable bonds is 6. The molecule has 0 unspecified atom stereocenters. The molecule has 53 heavy (non-hydrogen) atoms. The molecule has 1 aliphatic rings. The van der Waals surface area contributed by atoms with Crippen molar-refractivity contribution >= 4 is 45.5 Å². The molecule has 0 aliphatic carbocycles. The molecule has 0 saturated carbocycles. The van der Waals surface area contributed by atoms with Crippen molar-refractivity contribution in [1.29, 1.82) is 0 Å². The molecule has 0 atom stereocenters. The number of imide groups is 1. The van der Waals surface area contributed by atoms with E-state index in [2.05, 4.69) is 50.4 Å². The van der Waals surface area contributed by atoms with Crippen molar-refractivity contribution in [2.24, 2.45) is 4.99 Å². The van der Waals surface area contributed by atoms with E-state index in [-0.39, 0.29) is 11.8 Å². The van der Waals surface area contributed by atoms with Crippen LogP contribution in [-0.4, -0.2) is 32.6 Å². The molecule has 7 nitrogen and oxygen atoms in total. The Morgan fingerprint density at radius 1 is 0.585 bits per heavy atom. The maximum Gasteiger partial charge on any atom is 0.268 e. The highest BCUT2D eigenvalue weighted by Gasteiger charge is 2.41. The van der Waals surface area contributed by atoms with Crippen molar-refractivity contribution in [3.8, 4) is 39.1 Å². The number of fused-ring (bicyclic) bond motifs is 4. The monoisotopic (exact) mass is 687 g/mol. The van der Waals surface area contributed by atoms with Crippen molar-refractivity contribution in [3.05, 3.63) is 182 Å². The molecular weight excluding hydrogens is 655 g/mol. The molecule has 7 heteroatoms. The number of nitrogens with zero attached hydrogens (tertiary/aromatic N) is 5. The Kier molecular flexibility index (Phi) is 8.80. The molecule has 0 fully saturated rings. The van der Waals surface area contributed by atoms with E-state index >= 15 is 0 Å². The van der Waals surface area contributed by atoms with Gasteiger partial charge in [-0.05, 0) is 53.9 Å². The number of hydrogen-bond donors (Lipinski definition) is 0. The fourth-order valence-electron chi connectivity index (χ4n) is 7.11. The quantitative estimate of drug-likeness (QED) is 0.129. The minimum absolute atomic E-state index is 0.343. The van der Waals surface area contributed by atoms with Gasteiger partial charge < -0.3 is 4.57 Å². The van der Waals surface area contributed by atoms with Gasteiger partial charge in [-0.15, -0.1) is 0 Å². The zero-order valence-electron chi connectivity index (χ0n) is 28.9. The van der Waals surface area contributed by atoms with Crippen LogP contribution in [0, 0.1) is 0 Å². The SMILES string of the molecule is C=CN=CC.O=C1c2cccc(-n3c4ccccc4c4cc(-c5cncnc5)ccc43)c2C(=O)N1c1c(-c2ccccc2)cccc1-c1ccccc1. The predicted molar refractivity (Wildman–Crippen MR) is 215 cm³/mol. The Morgan fingerprint density at radius 2 is 1.19 bits per heavy atom. The number of anilines is 1. The summed E-state index contributed by atoms with van der Waals surface area (Å²) in [4.78, 5) is 42.8. The van der Waals surface area contributed by atoms with Crippen LogP contribution in [0.5, 0.6) is 0 Å². The molecule has 6 aromatic carbocycles. The van der Waals surface area contributed by atoms with Crippen molar-refractivity contribution in [2.45, 2.75) is 6.92 Å². The number of para-hydroxylation sites is 2. The van der Waals surface area contributed by atoms with Crippen LogP contribution >= 0.6 is 0 Å². The van der Waals surface area contributed by atoms with Gasteiger partial charge in [-0.25, -0.2) is 14.9 Å². The van der Waals surface area contributed by atoms with Gasteiger partial charge in [0, 0.05) is 52.3 Å². The fourth-order valence-corrected chi connectivity index (χ4v) is 7.11. The molecule has 254 valence electrons. The molecule has 0 radical (unpaired) electrons. The number of amides is 2. The molecule has 0 saturated heterocycles. The highest BCUT2D eigenvalue weighted by molar-refractivity contribution is 6.37. The van der Waals surface area contributed by atoms with Gasteiger partial charge in [-0.1, -0.05) is 116 Å². The van der Waals surface area contributed by atoms with Gasteiger partial charge in [0.1, 0.15) is 6.33 Å². The Morgan fingerprint density at radius 3 is 1.83 bits per heavy atom. The summed E-state index contributed by atoms with van der Waals surface area (Å²) in [6.45, 7) is 5.20. The molecule has 8 aromatic rings. The number of aliphatic imine (C=N–C) groups is 1. The van der Waals surface area contributed by atoms with E-state index in [1.165, 1.54) is 17.4 Å². The molecular formula is C46H33N5O2. The smallest absolute Gasteiger partial charge is 0.268 e. The minimum Gasteiger partial charge on any atom is -0.308 e. The van der Waals surface area contributed by atoms with Gasteiger partial charge in [-0.3, -0.25) is 14.6 Å². The van der Waals surface area contributed by atoms with Crippen LogP contribution in [-0.2, 0) is 0 Å². The Hall–Kier alpha value is -7.25. The summed E-state index contributed by atoms with van der Waals surface area (Å²) >= 11 is 0. The van der Waals surface area contributed by atoms with Crippen molar-refractivity contribution < 1.29 is 9.59 Å². The summed E-state index contributed by atoms with van der Waals surface area (Å²) < 4.78 is 2.10. The van der Waals surface area contributed by atoms with Gasteiger partial charge in [0.15, 0.2) is 0 Å². The normalized spacial score (nSPS) is 12.3. The highest BCUT2D eigenvalue weighted by atomic mass is 16.2. The van der Waals surface area contributed by atoms with E-state index in [1.807, 2.05) is 116 Å². The minimum atomic E-state index is -0.352. The lowest BCUT2D eigenvalue weighted by atomic mass is 9.95. The van der Waals surface area contributed by atoms with E-state index in [0.717, 1.165) is 55.2 Å². The first-order valence-electron chi connectivity index (χ1n) is 17.2. The Balaban J connectivity index is 0.000000752. The van der Waals surface area contributed by atoms with E-state index < -0.39 is 0 Å². The second-order valence-corrected chi connectivity index (χ2v) is 12.4. The summed E-state index contributed by atoms with van der Waals surface area (Å²) in [5.41, 5.74) is 9.23. The largest absolute Gasteiger partial charge is 0.308 e. The third-order valence-electron chi connectivity index (χ3n) is 9.38. The van der Waals surface area contributed by atoms with Crippen LogP contribution in [0.1, 0.15) is 27.6 Å². The molecule has 0 N–H and O–H groups in total. The van der Waals surface area contributed by atoms with Crippen LogP contribution < -0.4 is 4.90 Å². The Labute approximate surface area is 306 Å². The van der Waals surface area contributed by atoms with Crippen LogP contribution in [0.4, 0.5) is 5.69 Å². The molecule has 0 spiro atoms. The van der Waals surface area contributed by atoms with Gasteiger partial charge >= 0.3 is 0 Å². The van der Waals surface area contributed by atoms with Crippen LogP contribution in [0.25, 0.3) is 60.9 Å². The lowest BCUT2D eigenvalue weighted by Crippen LogP contribution is -2.30. The van der Waals surface area contributed by atoms with E-state index in [9.17, 15) is 9.59 Å². The van der Waals surface area contributed by atoms with E-state index in [0.29, 0.717) is 22.5 Å². The first-order valence-corrected chi connectivity index (χ1v) is 17.2. The van der Waals surface area contributed by atoms with Crippen molar-refractivity contribution in [1.82, 2.24) is 14.5 Å². The lowest BCUT2D eigenvalue weighted by molar-refractivity contribution is 0.0926. The second kappa shape index (κ2) is 14.2. The maximum atomic E-state index is 14.9. The topological polar surface area (TPSA) is 80.5 Å². The molecule has 2 aromatic heterocycles. The lowest BCUT2D eigenvalue weighted by Gasteiger charge is -2.23. The zero-order valence-corrected chi connectivity index (χ0v) is 28.9. The average Bonchev–Trinajstić information content (AvgIpc) is 3.69. The van der Waals surface area contributed by atoms with Gasteiger partial charge in [0.2, 0.25) is 0 Å². The first kappa shape index (κ1) is 32.9. The third kappa shape index (κ3) is 5.80. The molecule has 2 amide bonds. The molecule has 3 heterocycles. The summed E-state index contributed by atoms with van der Waals surface area (Å²) in [7, 11) is 0.